The summed E-state index contributed by atoms with van der Waals surface area (Å²) in [5, 5.41) is 1.82. The van der Waals surface area contributed by atoms with Crippen LogP contribution in [0.1, 0.15) is 37.2 Å². The van der Waals surface area contributed by atoms with Crippen molar-refractivity contribution in [3.8, 4) is 0 Å². The van der Waals surface area contributed by atoms with E-state index in [0.29, 0.717) is 5.69 Å². The fraction of sp³-hybridized carbons (Fsp3) is 0.600. The van der Waals surface area contributed by atoms with Crippen molar-refractivity contribution < 1.29 is 4.79 Å². The van der Waals surface area contributed by atoms with Gasteiger partial charge in [-0.15, -0.1) is 11.3 Å². The third kappa shape index (κ3) is 1.54. The Morgan fingerprint density at radius 3 is 2.93 bits per heavy atom. The van der Waals surface area contributed by atoms with E-state index in [2.05, 4.69) is 18.8 Å². The summed E-state index contributed by atoms with van der Waals surface area (Å²) in [5.74, 6) is 0.0775. The third-order valence-electron chi connectivity index (χ3n) is 2.80. The molecular weight excluding hydrogens is 196 g/mol. The molecule has 0 aromatic carbocycles. The number of carbonyl (C=O) groups excluding carboxylic acids is 1. The Balaban J connectivity index is 2.20. The Bertz CT molecular complexity index is 332. The van der Waals surface area contributed by atoms with Crippen LogP contribution in [0.4, 0.5) is 0 Å². The fourth-order valence-corrected chi connectivity index (χ4v) is 2.47. The highest BCUT2D eigenvalue weighted by Crippen LogP contribution is 2.29. The first-order chi connectivity index (χ1) is 6.61. The van der Waals surface area contributed by atoms with Gasteiger partial charge in [-0.2, -0.15) is 0 Å². The van der Waals surface area contributed by atoms with Crippen molar-refractivity contribution in [1.82, 2.24) is 9.88 Å². The molecule has 0 radical (unpaired) electrons. The van der Waals surface area contributed by atoms with E-state index >= 15 is 0 Å². The molecule has 1 saturated heterocycles. The molecule has 0 atom stereocenters. The van der Waals surface area contributed by atoms with Crippen LogP contribution in [-0.2, 0) is 0 Å². The number of carbonyl (C=O) groups is 1. The molecule has 1 aromatic heterocycles. The molecule has 0 unspecified atom stereocenters. The quantitative estimate of drug-likeness (QED) is 0.711. The third-order valence-corrected chi connectivity index (χ3v) is 3.38. The highest BCUT2D eigenvalue weighted by Gasteiger charge is 2.36. The molecule has 14 heavy (non-hydrogen) atoms. The molecule has 3 nitrogen and oxygen atoms in total. The molecule has 1 amide bonds. The van der Waals surface area contributed by atoms with Gasteiger partial charge < -0.3 is 4.90 Å². The van der Waals surface area contributed by atoms with Crippen LogP contribution in [0.3, 0.4) is 0 Å². The second-order valence-electron chi connectivity index (χ2n) is 4.25. The summed E-state index contributed by atoms with van der Waals surface area (Å²) in [5.41, 5.74) is 2.29. The highest BCUT2D eigenvalue weighted by molar-refractivity contribution is 7.07. The first kappa shape index (κ1) is 9.65. The highest BCUT2D eigenvalue weighted by atomic mass is 32.1. The minimum absolute atomic E-state index is 0.000694. The molecule has 0 saturated carbocycles. The topological polar surface area (TPSA) is 33.2 Å². The molecular formula is C10H14N2OS. The van der Waals surface area contributed by atoms with Gasteiger partial charge in [-0.25, -0.2) is 4.98 Å². The predicted octanol–water partition coefficient (Wildman–Crippen LogP) is 2.16. The van der Waals surface area contributed by atoms with Gasteiger partial charge in [-0.1, -0.05) is 0 Å². The van der Waals surface area contributed by atoms with Gasteiger partial charge in [0, 0.05) is 17.5 Å². The van der Waals surface area contributed by atoms with Gasteiger partial charge in [0.25, 0.3) is 5.91 Å². The Hall–Kier alpha value is -0.900. The van der Waals surface area contributed by atoms with E-state index in [1.807, 2.05) is 10.3 Å². The monoisotopic (exact) mass is 210 g/mol. The van der Waals surface area contributed by atoms with Crippen molar-refractivity contribution in [3.63, 3.8) is 0 Å². The number of aromatic nitrogens is 1. The summed E-state index contributed by atoms with van der Waals surface area (Å²) >= 11 is 1.47. The lowest BCUT2D eigenvalue weighted by Gasteiger charge is -2.30. The molecule has 4 heteroatoms. The van der Waals surface area contributed by atoms with Crippen LogP contribution in [-0.4, -0.2) is 27.9 Å². The molecule has 0 bridgehead atoms. The molecule has 1 aromatic rings. The maximum absolute atomic E-state index is 12.0. The average molecular weight is 210 g/mol. The van der Waals surface area contributed by atoms with Crippen molar-refractivity contribution in [2.24, 2.45) is 0 Å². The lowest BCUT2D eigenvalue weighted by Crippen LogP contribution is -2.42. The second-order valence-corrected chi connectivity index (χ2v) is 4.97. The van der Waals surface area contributed by atoms with Gasteiger partial charge in [-0.3, -0.25) is 4.79 Å². The van der Waals surface area contributed by atoms with Gasteiger partial charge in [0.05, 0.1) is 5.51 Å². The zero-order valence-corrected chi connectivity index (χ0v) is 9.30. The summed E-state index contributed by atoms with van der Waals surface area (Å²) in [6.07, 6.45) is 2.19. The Morgan fingerprint density at radius 1 is 1.64 bits per heavy atom. The number of amides is 1. The molecule has 0 N–H and O–H groups in total. The molecule has 1 aliphatic rings. The number of hydrogen-bond donors (Lipinski definition) is 0. The number of nitrogens with zero attached hydrogens (tertiary/aromatic N) is 2. The largest absolute Gasteiger partial charge is 0.332 e. The predicted molar refractivity (Wildman–Crippen MR) is 56.5 cm³/mol. The van der Waals surface area contributed by atoms with Crippen LogP contribution < -0.4 is 0 Å². The number of thiazole rings is 1. The lowest BCUT2D eigenvalue weighted by atomic mass is 10.0. The zero-order valence-electron chi connectivity index (χ0n) is 8.49. The van der Waals surface area contributed by atoms with Crippen molar-refractivity contribution in [1.29, 1.82) is 0 Å². The van der Waals surface area contributed by atoms with E-state index in [4.69, 9.17) is 0 Å². The number of likely N-dealkylation sites (tertiary alicyclic amines) is 1. The van der Waals surface area contributed by atoms with Crippen LogP contribution >= 0.6 is 11.3 Å². The van der Waals surface area contributed by atoms with E-state index < -0.39 is 0 Å². The van der Waals surface area contributed by atoms with Gasteiger partial charge >= 0.3 is 0 Å². The Morgan fingerprint density at radius 2 is 2.43 bits per heavy atom. The van der Waals surface area contributed by atoms with E-state index in [0.717, 1.165) is 19.4 Å². The van der Waals surface area contributed by atoms with Crippen molar-refractivity contribution in [2.45, 2.75) is 32.2 Å². The average Bonchev–Trinajstić information content (AvgIpc) is 2.71. The summed E-state index contributed by atoms with van der Waals surface area (Å²) < 4.78 is 0. The van der Waals surface area contributed by atoms with Crippen LogP contribution in [0.25, 0.3) is 0 Å². The normalized spacial score (nSPS) is 20.0. The Kier molecular flexibility index (Phi) is 2.31. The summed E-state index contributed by atoms with van der Waals surface area (Å²) in [6, 6.07) is 0. The SMILES string of the molecule is CC1(C)CCCN1C(=O)c1cscn1. The molecule has 76 valence electrons. The number of hydrogen-bond acceptors (Lipinski definition) is 3. The van der Waals surface area contributed by atoms with Crippen molar-refractivity contribution in [3.05, 3.63) is 16.6 Å². The summed E-state index contributed by atoms with van der Waals surface area (Å²) in [6.45, 7) is 5.10. The van der Waals surface area contributed by atoms with Gasteiger partial charge in [0.15, 0.2) is 0 Å². The molecule has 2 heterocycles. The van der Waals surface area contributed by atoms with Crippen LogP contribution in [0.5, 0.6) is 0 Å². The lowest BCUT2D eigenvalue weighted by molar-refractivity contribution is 0.0646. The van der Waals surface area contributed by atoms with Gasteiger partial charge in [0.2, 0.25) is 0 Å². The molecule has 2 rings (SSSR count). The zero-order chi connectivity index (χ0) is 10.2. The van der Waals surface area contributed by atoms with Crippen LogP contribution in [0.15, 0.2) is 10.9 Å². The minimum Gasteiger partial charge on any atom is -0.332 e. The summed E-state index contributed by atoms with van der Waals surface area (Å²) in [7, 11) is 0. The first-order valence-electron chi connectivity index (χ1n) is 4.81. The van der Waals surface area contributed by atoms with E-state index in [1.54, 1.807) is 5.51 Å². The van der Waals surface area contributed by atoms with E-state index in [1.165, 1.54) is 11.3 Å². The fourth-order valence-electron chi connectivity index (χ4n) is 1.94. The van der Waals surface area contributed by atoms with E-state index in [9.17, 15) is 4.79 Å². The van der Waals surface area contributed by atoms with Crippen molar-refractivity contribution in [2.75, 3.05) is 6.54 Å². The van der Waals surface area contributed by atoms with Crippen LogP contribution in [0, 0.1) is 0 Å². The molecule has 0 aliphatic carbocycles. The van der Waals surface area contributed by atoms with Crippen molar-refractivity contribution >= 4 is 17.2 Å². The molecule has 1 fully saturated rings. The standard InChI is InChI=1S/C10H14N2OS/c1-10(2)4-3-5-12(10)9(13)8-6-14-7-11-8/h6-7H,3-5H2,1-2H3. The summed E-state index contributed by atoms with van der Waals surface area (Å²) in [4.78, 5) is 18.0. The molecule has 0 spiro atoms. The van der Waals surface area contributed by atoms with E-state index in [-0.39, 0.29) is 11.4 Å². The van der Waals surface area contributed by atoms with Crippen LogP contribution in [0.2, 0.25) is 0 Å². The second kappa shape index (κ2) is 3.35. The smallest absolute Gasteiger partial charge is 0.273 e. The number of rotatable bonds is 1. The maximum atomic E-state index is 12.0. The first-order valence-corrected chi connectivity index (χ1v) is 5.76. The molecule has 1 aliphatic heterocycles. The van der Waals surface area contributed by atoms with Gasteiger partial charge in [-0.05, 0) is 26.7 Å². The minimum atomic E-state index is 0.000694. The Labute approximate surface area is 87.8 Å². The maximum Gasteiger partial charge on any atom is 0.273 e. The van der Waals surface area contributed by atoms with Gasteiger partial charge in [0.1, 0.15) is 5.69 Å².